The quantitative estimate of drug-likeness (QED) is 0.206. The second-order valence-corrected chi connectivity index (χ2v) is 15.2. The maximum Gasteiger partial charge on any atom is 0.410 e. The molecule has 2 aromatic heterocycles. The van der Waals surface area contributed by atoms with E-state index in [2.05, 4.69) is 9.80 Å². The molecule has 2 aromatic carbocycles. The van der Waals surface area contributed by atoms with Crippen LogP contribution in [0, 0.1) is 5.82 Å². The summed E-state index contributed by atoms with van der Waals surface area (Å²) in [5.41, 5.74) is 1.08. The first-order valence-corrected chi connectivity index (χ1v) is 17.7. The molecule has 2 atom stereocenters. The Bertz CT molecular complexity index is 1890. The van der Waals surface area contributed by atoms with Crippen molar-refractivity contribution in [3.63, 3.8) is 0 Å². The fourth-order valence-electron chi connectivity index (χ4n) is 8.79. The number of anilines is 1. The van der Waals surface area contributed by atoms with E-state index < -0.39 is 18.1 Å². The number of aromatic nitrogens is 3. The topological polar surface area (TPSA) is 83.9 Å². The average Bonchev–Trinajstić information content (AvgIpc) is 3.74. The highest BCUT2D eigenvalue weighted by Gasteiger charge is 2.46. The van der Waals surface area contributed by atoms with Gasteiger partial charge in [-0.05, 0) is 88.7 Å². The Kier molecular flexibility index (Phi) is 8.08. The number of piperazine rings is 1. The van der Waals surface area contributed by atoms with E-state index in [1.165, 1.54) is 0 Å². The minimum Gasteiger partial charge on any atom is -0.461 e. The fraction of sp³-hybridized carbons (Fsp3) is 0.526. The van der Waals surface area contributed by atoms with Crippen LogP contribution >= 0.6 is 0 Å². The van der Waals surface area contributed by atoms with E-state index in [9.17, 15) is 9.18 Å². The zero-order valence-corrected chi connectivity index (χ0v) is 28.6. The molecule has 2 unspecified atom stereocenters. The molecule has 0 N–H and O–H groups in total. The van der Waals surface area contributed by atoms with Gasteiger partial charge < -0.3 is 14.4 Å². The number of hydrogen-bond donors (Lipinski definition) is 0. The first-order chi connectivity index (χ1) is 23.6. The largest absolute Gasteiger partial charge is 0.461 e. The number of amides is 1. The molecule has 0 aliphatic carbocycles. The highest BCUT2D eigenvalue weighted by atomic mass is 19.1. The highest BCUT2D eigenvalue weighted by molar-refractivity contribution is 6.00. The van der Waals surface area contributed by atoms with Gasteiger partial charge in [0, 0.05) is 31.3 Å². The summed E-state index contributed by atoms with van der Waals surface area (Å²) >= 11 is 0. The molecule has 258 valence electrons. The van der Waals surface area contributed by atoms with Gasteiger partial charge in [0.05, 0.1) is 29.7 Å². The lowest BCUT2D eigenvalue weighted by Gasteiger charge is -2.42. The lowest BCUT2D eigenvalue weighted by atomic mass is 9.95. The Labute approximate surface area is 285 Å². The van der Waals surface area contributed by atoms with E-state index >= 15 is 4.39 Å². The molecule has 4 aliphatic heterocycles. The van der Waals surface area contributed by atoms with Crippen molar-refractivity contribution in [1.82, 2.24) is 24.8 Å². The Morgan fingerprint density at radius 2 is 1.73 bits per heavy atom. The van der Waals surface area contributed by atoms with Crippen molar-refractivity contribution in [2.24, 2.45) is 0 Å². The van der Waals surface area contributed by atoms with Crippen LogP contribution in [0.5, 0.6) is 6.01 Å². The Hall–Kier alpha value is -4.12. The number of ether oxygens (including phenoxy) is 2. The highest BCUT2D eigenvalue weighted by Crippen LogP contribution is 2.41. The third kappa shape index (κ3) is 5.73. The Morgan fingerprint density at radius 3 is 2.43 bits per heavy atom. The second-order valence-electron chi connectivity index (χ2n) is 15.2. The number of pyridine rings is 1. The monoisotopic (exact) mass is 670 g/mol. The van der Waals surface area contributed by atoms with Gasteiger partial charge in [0.1, 0.15) is 29.2 Å². The van der Waals surface area contributed by atoms with E-state index in [1.54, 1.807) is 6.20 Å². The maximum atomic E-state index is 17.0. The van der Waals surface area contributed by atoms with Crippen LogP contribution in [0.15, 0.2) is 42.6 Å². The number of carbonyl (C=O) groups is 1. The second kappa shape index (κ2) is 12.3. The number of carbonyl (C=O) groups excluding carboxylic acids is 1. The minimum atomic E-state index is -0.589. The Morgan fingerprint density at radius 1 is 1.02 bits per heavy atom. The van der Waals surface area contributed by atoms with E-state index in [-0.39, 0.29) is 47.4 Å². The third-order valence-corrected chi connectivity index (χ3v) is 10.9. The van der Waals surface area contributed by atoms with Gasteiger partial charge in [0.2, 0.25) is 0 Å². The maximum absolute atomic E-state index is 17.0. The fourth-order valence-corrected chi connectivity index (χ4v) is 8.79. The molecule has 11 heteroatoms. The van der Waals surface area contributed by atoms with Crippen LogP contribution in [-0.4, -0.2) is 93.5 Å². The van der Waals surface area contributed by atoms with E-state index in [1.807, 2.05) is 62.1 Å². The first kappa shape index (κ1) is 32.1. The predicted molar refractivity (Wildman–Crippen MR) is 185 cm³/mol. The van der Waals surface area contributed by atoms with Gasteiger partial charge in [-0.25, -0.2) is 9.18 Å². The van der Waals surface area contributed by atoms with Crippen molar-refractivity contribution in [3.05, 3.63) is 54.0 Å². The molecule has 1 amide bonds. The van der Waals surface area contributed by atoms with Gasteiger partial charge in [0.25, 0.3) is 0 Å². The zero-order valence-electron chi connectivity index (χ0n) is 28.6. The summed E-state index contributed by atoms with van der Waals surface area (Å²) in [6, 6.07) is 11.4. The number of rotatable bonds is 7. The molecular formula is C38H44F2N6O3. The summed E-state index contributed by atoms with van der Waals surface area (Å²) in [5.74, 6) is -0.00707. The average molecular weight is 671 g/mol. The zero-order chi connectivity index (χ0) is 33.9. The number of benzene rings is 2. The van der Waals surface area contributed by atoms with Crippen LogP contribution in [0.25, 0.3) is 32.9 Å². The molecule has 6 heterocycles. The summed E-state index contributed by atoms with van der Waals surface area (Å²) in [7, 11) is 0. The number of nitrogens with zero attached hydrogens (tertiary/aromatic N) is 6. The molecule has 9 nitrogen and oxygen atoms in total. The van der Waals surface area contributed by atoms with E-state index in [0.29, 0.717) is 36.5 Å². The normalized spacial score (nSPS) is 21.9. The third-order valence-electron chi connectivity index (χ3n) is 10.9. The smallest absolute Gasteiger partial charge is 0.410 e. The number of hydrogen-bond acceptors (Lipinski definition) is 8. The van der Waals surface area contributed by atoms with E-state index in [0.717, 1.165) is 68.0 Å². The van der Waals surface area contributed by atoms with Crippen LogP contribution in [0.1, 0.15) is 64.9 Å². The summed E-state index contributed by atoms with van der Waals surface area (Å²) in [4.78, 5) is 34.1. The molecule has 8 rings (SSSR count). The molecule has 2 bridgehead atoms. The summed E-state index contributed by atoms with van der Waals surface area (Å²) < 4.78 is 42.8. The van der Waals surface area contributed by atoms with Crippen molar-refractivity contribution in [2.75, 3.05) is 44.4 Å². The molecule has 0 spiro atoms. The standard InChI is InChI=1S/C38H44F2N6O3/c1-37(2,3)49-36(47)46-26-12-13-27(46)22-44(21-26)34-29-20-41-32(28-11-5-10-24-8-4-9-25(14-17-39)30(24)28)31(40)33(29)42-35(43-34)48-23-38-15-6-18-45(38)19-7-16-38/h4-5,8-11,20,26-27H,6-7,12-19,21-23H2,1-3H3. The van der Waals surface area contributed by atoms with Crippen molar-refractivity contribution >= 4 is 33.6 Å². The van der Waals surface area contributed by atoms with E-state index in [4.69, 9.17) is 24.4 Å². The summed E-state index contributed by atoms with van der Waals surface area (Å²) in [5, 5.41) is 2.17. The van der Waals surface area contributed by atoms with Crippen LogP contribution in [0.3, 0.4) is 0 Å². The van der Waals surface area contributed by atoms with Crippen LogP contribution < -0.4 is 9.64 Å². The van der Waals surface area contributed by atoms with Crippen LogP contribution in [-0.2, 0) is 11.2 Å². The number of halogens is 2. The van der Waals surface area contributed by atoms with Gasteiger partial charge in [-0.1, -0.05) is 36.4 Å². The number of alkyl halides is 1. The molecule has 0 saturated carbocycles. The minimum absolute atomic E-state index is 0.0334. The first-order valence-electron chi connectivity index (χ1n) is 17.7. The van der Waals surface area contributed by atoms with Gasteiger partial charge in [-0.15, -0.1) is 0 Å². The van der Waals surface area contributed by atoms with Crippen molar-refractivity contribution in [3.8, 4) is 17.3 Å². The lowest BCUT2D eigenvalue weighted by Crippen LogP contribution is -2.57. The van der Waals surface area contributed by atoms with Gasteiger partial charge in [-0.3, -0.25) is 19.2 Å². The van der Waals surface area contributed by atoms with Crippen molar-refractivity contribution < 1.29 is 23.0 Å². The van der Waals surface area contributed by atoms with Gasteiger partial charge >= 0.3 is 12.1 Å². The Balaban J connectivity index is 1.21. The van der Waals surface area contributed by atoms with Gasteiger partial charge in [-0.2, -0.15) is 9.97 Å². The molecular weight excluding hydrogens is 626 g/mol. The SMILES string of the molecule is CC(C)(C)OC(=O)N1C2CCC1CN(c1nc(OCC34CCCN3CCC4)nc3c(F)c(-c4cccc5cccc(CCF)c45)ncc13)C2. The number of aryl methyl sites for hydroxylation is 1. The summed E-state index contributed by atoms with van der Waals surface area (Å²) in [6.45, 7) is 8.76. The van der Waals surface area contributed by atoms with Gasteiger partial charge in [0.15, 0.2) is 5.82 Å². The van der Waals surface area contributed by atoms with Crippen LogP contribution in [0.4, 0.5) is 19.4 Å². The van der Waals surface area contributed by atoms with Crippen molar-refractivity contribution in [1.29, 1.82) is 0 Å². The predicted octanol–water partition coefficient (Wildman–Crippen LogP) is 7.09. The molecule has 0 radical (unpaired) electrons. The molecule has 4 aliphatic rings. The molecule has 4 saturated heterocycles. The van der Waals surface area contributed by atoms with Crippen molar-refractivity contribution in [2.45, 2.75) is 88.9 Å². The lowest BCUT2D eigenvalue weighted by molar-refractivity contribution is 0.0122. The van der Waals surface area contributed by atoms with Crippen LogP contribution in [0.2, 0.25) is 0 Å². The summed E-state index contributed by atoms with van der Waals surface area (Å²) in [6.07, 6.45) is 7.68. The molecule has 4 fully saturated rings. The molecule has 49 heavy (non-hydrogen) atoms. The molecule has 4 aromatic rings. The number of fused-ring (bicyclic) bond motifs is 5.